The fraction of sp³-hybridized carbons (Fsp3) is 0.346. The zero-order valence-corrected chi connectivity index (χ0v) is 19.5. The number of likely N-dealkylation sites (tertiary alicyclic amines) is 2. The van der Waals surface area contributed by atoms with Crippen LogP contribution in [0.4, 0.5) is 5.82 Å². The number of anilines is 1. The van der Waals surface area contributed by atoms with Gasteiger partial charge in [0.25, 0.3) is 5.91 Å². The molecule has 1 atom stereocenters. The third-order valence-corrected chi connectivity index (χ3v) is 6.99. The van der Waals surface area contributed by atoms with E-state index < -0.39 is 0 Å². The summed E-state index contributed by atoms with van der Waals surface area (Å²) in [6, 6.07) is 11.5. The highest BCUT2D eigenvalue weighted by atomic mass is 16.2. The van der Waals surface area contributed by atoms with Gasteiger partial charge in [-0.05, 0) is 63.0 Å². The molecule has 0 saturated carbocycles. The Labute approximate surface area is 203 Å². The van der Waals surface area contributed by atoms with Crippen molar-refractivity contribution in [3.63, 3.8) is 0 Å². The summed E-state index contributed by atoms with van der Waals surface area (Å²) in [6.45, 7) is 4.04. The van der Waals surface area contributed by atoms with E-state index >= 15 is 0 Å². The number of rotatable bonds is 5. The molecule has 2 aliphatic heterocycles. The molecular formula is C26H28N8O. The molecule has 0 spiro atoms. The zero-order chi connectivity index (χ0) is 23.8. The van der Waals surface area contributed by atoms with Gasteiger partial charge in [-0.1, -0.05) is 12.1 Å². The number of hydrogen-bond acceptors (Lipinski definition) is 7. The molecule has 9 nitrogen and oxygen atoms in total. The normalized spacial score (nSPS) is 18.5. The number of nitrogen functional groups attached to an aromatic ring is 1. The number of amides is 1. The van der Waals surface area contributed by atoms with Crippen molar-refractivity contribution in [2.75, 3.05) is 31.9 Å². The maximum Gasteiger partial charge on any atom is 0.272 e. The van der Waals surface area contributed by atoms with Gasteiger partial charge < -0.3 is 15.5 Å². The summed E-state index contributed by atoms with van der Waals surface area (Å²) in [6.07, 6.45) is 9.92. The second kappa shape index (κ2) is 9.07. The van der Waals surface area contributed by atoms with Gasteiger partial charge in [-0.25, -0.2) is 14.5 Å². The first-order valence-corrected chi connectivity index (χ1v) is 12.2. The first-order valence-electron chi connectivity index (χ1n) is 12.2. The van der Waals surface area contributed by atoms with E-state index in [4.69, 9.17) is 10.7 Å². The Morgan fingerprint density at radius 2 is 1.86 bits per heavy atom. The largest absolute Gasteiger partial charge is 0.382 e. The lowest BCUT2D eigenvalue weighted by Crippen LogP contribution is -2.42. The smallest absolute Gasteiger partial charge is 0.272 e. The lowest BCUT2D eigenvalue weighted by molar-refractivity contribution is 0.0703. The Morgan fingerprint density at radius 1 is 1.00 bits per heavy atom. The second-order valence-corrected chi connectivity index (χ2v) is 9.30. The molecule has 4 aromatic heterocycles. The van der Waals surface area contributed by atoms with Crippen LogP contribution in [-0.2, 0) is 0 Å². The maximum absolute atomic E-state index is 13.4. The molecule has 6 rings (SSSR count). The topological polar surface area (TPSA) is 106 Å². The zero-order valence-electron chi connectivity index (χ0n) is 19.5. The van der Waals surface area contributed by atoms with Crippen LogP contribution in [0.15, 0.2) is 55.0 Å². The summed E-state index contributed by atoms with van der Waals surface area (Å²) in [4.78, 5) is 31.6. The summed E-state index contributed by atoms with van der Waals surface area (Å²) in [5.41, 5.74) is 10.1. The highest BCUT2D eigenvalue weighted by molar-refractivity contribution is 5.93. The first-order chi connectivity index (χ1) is 17.2. The molecule has 35 heavy (non-hydrogen) atoms. The minimum atomic E-state index is 0.00311. The molecule has 6 heterocycles. The van der Waals surface area contributed by atoms with Gasteiger partial charge in [0.15, 0.2) is 11.5 Å². The molecule has 9 heteroatoms. The van der Waals surface area contributed by atoms with Crippen LogP contribution in [0.3, 0.4) is 0 Å². The Balaban J connectivity index is 1.27. The summed E-state index contributed by atoms with van der Waals surface area (Å²) >= 11 is 0. The van der Waals surface area contributed by atoms with E-state index in [0.29, 0.717) is 28.4 Å². The van der Waals surface area contributed by atoms with E-state index in [2.05, 4.69) is 20.0 Å². The maximum atomic E-state index is 13.4. The fourth-order valence-electron chi connectivity index (χ4n) is 5.26. The van der Waals surface area contributed by atoms with E-state index in [0.717, 1.165) is 50.3 Å². The van der Waals surface area contributed by atoms with Crippen LogP contribution in [0.2, 0.25) is 0 Å². The molecule has 0 radical (unpaired) electrons. The molecule has 2 saturated heterocycles. The molecule has 2 N–H and O–H groups in total. The number of carbonyl (C=O) groups is 1. The highest BCUT2D eigenvalue weighted by Gasteiger charge is 2.32. The van der Waals surface area contributed by atoms with Gasteiger partial charge in [0.2, 0.25) is 0 Å². The summed E-state index contributed by atoms with van der Waals surface area (Å²) in [7, 11) is 0. The van der Waals surface area contributed by atoms with Crippen molar-refractivity contribution in [1.29, 1.82) is 0 Å². The average Bonchev–Trinajstić information content (AvgIpc) is 3.64. The standard InChI is InChI=1S/C26H28N8O/c27-24-23(21-8-1-2-11-28-21)25-29-15-18(16-34(25)31-24)20-9-5-10-22(30-20)26(35)33-14-6-7-19(33)17-32-12-3-4-13-32/h1-2,5,8-11,15-16,19H,3-4,6-7,12-14,17H2,(H2,27,31)/t19-/m1/s1. The van der Waals surface area contributed by atoms with Crippen molar-refractivity contribution in [3.05, 3.63) is 60.7 Å². The van der Waals surface area contributed by atoms with E-state index in [9.17, 15) is 4.79 Å². The van der Waals surface area contributed by atoms with Crippen LogP contribution in [0.5, 0.6) is 0 Å². The molecule has 0 aliphatic carbocycles. The molecule has 4 aromatic rings. The quantitative estimate of drug-likeness (QED) is 0.480. The highest BCUT2D eigenvalue weighted by Crippen LogP contribution is 2.29. The third-order valence-electron chi connectivity index (χ3n) is 6.99. The number of nitrogens with zero attached hydrogens (tertiary/aromatic N) is 7. The number of pyridine rings is 2. The number of hydrogen-bond donors (Lipinski definition) is 1. The Bertz CT molecular complexity index is 1360. The molecule has 0 unspecified atom stereocenters. The van der Waals surface area contributed by atoms with Gasteiger partial charge in [0, 0.05) is 43.3 Å². The average molecular weight is 469 g/mol. The first kappa shape index (κ1) is 21.7. The van der Waals surface area contributed by atoms with Gasteiger partial charge in [-0.2, -0.15) is 0 Å². The predicted molar refractivity (Wildman–Crippen MR) is 134 cm³/mol. The van der Waals surface area contributed by atoms with Crippen LogP contribution < -0.4 is 5.73 Å². The van der Waals surface area contributed by atoms with Crippen molar-refractivity contribution in [1.82, 2.24) is 34.4 Å². The van der Waals surface area contributed by atoms with E-state index in [1.807, 2.05) is 41.4 Å². The van der Waals surface area contributed by atoms with E-state index in [1.165, 1.54) is 12.8 Å². The SMILES string of the molecule is Nc1nn2cc(-c3cccc(C(=O)N4CCC[C@@H]4CN4CCCC4)n3)cnc2c1-c1ccccn1. The summed E-state index contributed by atoms with van der Waals surface area (Å²) in [5, 5.41) is 4.44. The van der Waals surface area contributed by atoms with Gasteiger partial charge in [-0.15, -0.1) is 5.10 Å². The summed E-state index contributed by atoms with van der Waals surface area (Å²) < 4.78 is 1.65. The van der Waals surface area contributed by atoms with Crippen LogP contribution in [0.25, 0.3) is 28.2 Å². The van der Waals surface area contributed by atoms with Gasteiger partial charge in [0.1, 0.15) is 5.69 Å². The van der Waals surface area contributed by atoms with Gasteiger partial charge >= 0.3 is 0 Å². The molecule has 1 amide bonds. The predicted octanol–water partition coefficient (Wildman–Crippen LogP) is 3.14. The minimum absolute atomic E-state index is 0.00311. The number of nitrogens with two attached hydrogens (primary N) is 1. The molecule has 0 bridgehead atoms. The van der Waals surface area contributed by atoms with Crippen molar-refractivity contribution in [2.24, 2.45) is 0 Å². The number of aromatic nitrogens is 5. The van der Waals surface area contributed by atoms with Crippen molar-refractivity contribution < 1.29 is 4.79 Å². The van der Waals surface area contributed by atoms with Gasteiger partial charge in [0.05, 0.1) is 17.0 Å². The van der Waals surface area contributed by atoms with Crippen molar-refractivity contribution >= 4 is 17.4 Å². The molecule has 2 aliphatic rings. The van der Waals surface area contributed by atoms with Crippen LogP contribution in [-0.4, -0.2) is 72.5 Å². The molecule has 0 aromatic carbocycles. The molecular weight excluding hydrogens is 440 g/mol. The Morgan fingerprint density at radius 3 is 2.69 bits per heavy atom. The molecule has 178 valence electrons. The van der Waals surface area contributed by atoms with Crippen molar-refractivity contribution in [3.8, 4) is 22.5 Å². The molecule has 2 fully saturated rings. The summed E-state index contributed by atoms with van der Waals surface area (Å²) in [5.74, 6) is 0.367. The second-order valence-electron chi connectivity index (χ2n) is 9.30. The number of fused-ring (bicyclic) bond motifs is 1. The van der Waals surface area contributed by atoms with Crippen LogP contribution in [0.1, 0.15) is 36.2 Å². The van der Waals surface area contributed by atoms with E-state index in [-0.39, 0.29) is 11.9 Å². The Hall–Kier alpha value is -3.85. The fourth-order valence-corrected chi connectivity index (χ4v) is 5.26. The number of carbonyl (C=O) groups excluding carboxylic acids is 1. The van der Waals surface area contributed by atoms with Crippen molar-refractivity contribution in [2.45, 2.75) is 31.7 Å². The minimum Gasteiger partial charge on any atom is -0.382 e. The van der Waals surface area contributed by atoms with Crippen LogP contribution in [0, 0.1) is 0 Å². The Kier molecular flexibility index (Phi) is 5.61. The van der Waals surface area contributed by atoms with E-state index in [1.54, 1.807) is 23.0 Å². The third kappa shape index (κ3) is 4.12. The lowest BCUT2D eigenvalue weighted by Gasteiger charge is -2.28. The monoisotopic (exact) mass is 468 g/mol. The lowest BCUT2D eigenvalue weighted by atomic mass is 10.1. The van der Waals surface area contributed by atoms with Gasteiger partial charge in [-0.3, -0.25) is 9.78 Å². The van der Waals surface area contributed by atoms with Crippen LogP contribution >= 0.6 is 0 Å².